The molecule has 78 valence electrons. The van der Waals surface area contributed by atoms with Gasteiger partial charge in [0.25, 0.3) is 0 Å². The minimum Gasteiger partial charge on any atom is -0.473 e. The summed E-state index contributed by atoms with van der Waals surface area (Å²) in [5.74, 6) is -5.43. The lowest BCUT2D eigenvalue weighted by Crippen LogP contribution is -2.28. The van der Waals surface area contributed by atoms with Crippen LogP contribution in [0.2, 0.25) is 0 Å². The molecule has 0 aliphatic carbocycles. The molecule has 0 unspecified atom stereocenters. The average Bonchev–Trinajstić information content (AvgIpc) is 2.11. The number of carboxylic acids is 2. The van der Waals surface area contributed by atoms with Crippen LogP contribution in [-0.2, 0) is 28.7 Å². The second-order valence-electron chi connectivity index (χ2n) is 1.88. The molecule has 0 aromatic carbocycles. The SMILES string of the molecule is O=C(O)C(=O)O.O=C1OCCOC1=O. The highest BCUT2D eigenvalue weighted by Gasteiger charge is 2.21. The Morgan fingerprint density at radius 3 is 1.36 bits per heavy atom. The number of cyclic esters (lactones) is 2. The maximum absolute atomic E-state index is 10.1. The van der Waals surface area contributed by atoms with Crippen LogP contribution in [0.1, 0.15) is 0 Å². The molecule has 0 aromatic rings. The standard InChI is InChI=1S/C4H4O4.C2H2O4/c5-3-4(6)8-2-1-7-3;3-1(4)2(5)6/h1-2H2;(H,3,4)(H,5,6). The first kappa shape index (κ1) is 11.9. The van der Waals surface area contributed by atoms with Crippen molar-refractivity contribution >= 4 is 23.9 Å². The fourth-order valence-corrected chi connectivity index (χ4v) is 0.387. The number of rotatable bonds is 0. The quantitative estimate of drug-likeness (QED) is 0.352. The number of hydrogen-bond donors (Lipinski definition) is 2. The minimum absolute atomic E-state index is 0.185. The van der Waals surface area contributed by atoms with E-state index in [9.17, 15) is 9.59 Å². The predicted molar refractivity (Wildman–Crippen MR) is 37.2 cm³/mol. The van der Waals surface area contributed by atoms with Gasteiger partial charge in [0.15, 0.2) is 0 Å². The van der Waals surface area contributed by atoms with Gasteiger partial charge in [-0.2, -0.15) is 0 Å². The maximum Gasteiger partial charge on any atom is 0.417 e. The van der Waals surface area contributed by atoms with Crippen molar-refractivity contribution in [1.29, 1.82) is 0 Å². The van der Waals surface area contributed by atoms with Gasteiger partial charge in [0.2, 0.25) is 0 Å². The molecule has 1 heterocycles. The van der Waals surface area contributed by atoms with Crippen LogP contribution in [-0.4, -0.2) is 47.3 Å². The van der Waals surface area contributed by atoms with Gasteiger partial charge in [-0.1, -0.05) is 0 Å². The van der Waals surface area contributed by atoms with E-state index in [2.05, 4.69) is 9.47 Å². The van der Waals surface area contributed by atoms with E-state index in [1.807, 2.05) is 0 Å². The Morgan fingerprint density at radius 2 is 1.21 bits per heavy atom. The van der Waals surface area contributed by atoms with Crippen molar-refractivity contribution in [1.82, 2.24) is 0 Å². The van der Waals surface area contributed by atoms with E-state index in [0.29, 0.717) is 0 Å². The van der Waals surface area contributed by atoms with Crippen molar-refractivity contribution in [3.8, 4) is 0 Å². The summed E-state index contributed by atoms with van der Waals surface area (Å²) in [4.78, 5) is 38.4. The Balaban J connectivity index is 0.000000255. The van der Waals surface area contributed by atoms with Gasteiger partial charge < -0.3 is 19.7 Å². The molecule has 1 aliphatic heterocycles. The van der Waals surface area contributed by atoms with Crippen LogP contribution in [0.5, 0.6) is 0 Å². The predicted octanol–water partition coefficient (Wildman–Crippen LogP) is -1.76. The van der Waals surface area contributed by atoms with Crippen molar-refractivity contribution in [3.05, 3.63) is 0 Å². The summed E-state index contributed by atoms with van der Waals surface area (Å²) in [6.07, 6.45) is 0. The van der Waals surface area contributed by atoms with Gasteiger partial charge in [-0.05, 0) is 0 Å². The highest BCUT2D eigenvalue weighted by Crippen LogP contribution is 1.91. The number of carboxylic acid groups (broad SMARTS) is 2. The molecule has 0 aromatic heterocycles. The fourth-order valence-electron chi connectivity index (χ4n) is 0.387. The van der Waals surface area contributed by atoms with Crippen LogP contribution in [0.4, 0.5) is 0 Å². The Hall–Kier alpha value is -2.12. The van der Waals surface area contributed by atoms with Crippen molar-refractivity contribution in [2.45, 2.75) is 0 Å². The summed E-state index contributed by atoms with van der Waals surface area (Å²) >= 11 is 0. The lowest BCUT2D eigenvalue weighted by molar-refractivity contribution is -0.177. The van der Waals surface area contributed by atoms with E-state index < -0.39 is 23.9 Å². The van der Waals surface area contributed by atoms with Gasteiger partial charge in [0, 0.05) is 0 Å². The number of carbonyl (C=O) groups is 4. The highest BCUT2D eigenvalue weighted by molar-refractivity contribution is 6.30. The molecule has 8 nitrogen and oxygen atoms in total. The van der Waals surface area contributed by atoms with Crippen molar-refractivity contribution in [3.63, 3.8) is 0 Å². The third kappa shape index (κ3) is 4.70. The van der Waals surface area contributed by atoms with Crippen LogP contribution >= 0.6 is 0 Å². The molecule has 0 amide bonds. The molecular formula is C6H6O8. The average molecular weight is 206 g/mol. The highest BCUT2D eigenvalue weighted by atomic mass is 16.6. The Labute approximate surface area is 77.0 Å². The van der Waals surface area contributed by atoms with Crippen molar-refractivity contribution < 1.29 is 38.9 Å². The normalized spacial score (nSPS) is 14.3. The number of hydrogen-bond acceptors (Lipinski definition) is 6. The molecule has 2 N–H and O–H groups in total. The van der Waals surface area contributed by atoms with Crippen molar-refractivity contribution in [2.75, 3.05) is 13.2 Å². The van der Waals surface area contributed by atoms with Crippen LogP contribution < -0.4 is 0 Å². The first-order valence-corrected chi connectivity index (χ1v) is 3.25. The smallest absolute Gasteiger partial charge is 0.417 e. The first-order chi connectivity index (χ1) is 6.45. The summed E-state index contributed by atoms with van der Waals surface area (Å²) in [6, 6.07) is 0. The van der Waals surface area contributed by atoms with Crippen LogP contribution in [0.15, 0.2) is 0 Å². The van der Waals surface area contributed by atoms with Gasteiger partial charge in [0.05, 0.1) is 0 Å². The van der Waals surface area contributed by atoms with E-state index in [0.717, 1.165) is 0 Å². The molecule has 1 aliphatic rings. The largest absolute Gasteiger partial charge is 0.473 e. The van der Waals surface area contributed by atoms with E-state index in [1.54, 1.807) is 0 Å². The Morgan fingerprint density at radius 1 is 0.929 bits per heavy atom. The summed E-state index contributed by atoms with van der Waals surface area (Å²) in [7, 11) is 0. The van der Waals surface area contributed by atoms with Gasteiger partial charge in [-0.3, -0.25) is 0 Å². The van der Waals surface area contributed by atoms with E-state index in [4.69, 9.17) is 19.8 Å². The fraction of sp³-hybridized carbons (Fsp3) is 0.333. The zero-order valence-corrected chi connectivity index (χ0v) is 6.76. The van der Waals surface area contributed by atoms with Gasteiger partial charge >= 0.3 is 23.9 Å². The zero-order valence-electron chi connectivity index (χ0n) is 6.76. The molecule has 0 atom stereocenters. The second kappa shape index (κ2) is 5.51. The monoisotopic (exact) mass is 206 g/mol. The van der Waals surface area contributed by atoms with Crippen molar-refractivity contribution in [2.24, 2.45) is 0 Å². The number of aliphatic carboxylic acids is 2. The minimum atomic E-state index is -1.82. The van der Waals surface area contributed by atoms with E-state index in [1.165, 1.54) is 0 Å². The molecule has 0 bridgehead atoms. The topological polar surface area (TPSA) is 127 Å². The lowest BCUT2D eigenvalue weighted by atomic mass is 10.6. The first-order valence-electron chi connectivity index (χ1n) is 3.25. The molecule has 8 heteroatoms. The molecule has 0 saturated carbocycles. The third-order valence-electron chi connectivity index (χ3n) is 0.899. The molecule has 1 saturated heterocycles. The Bertz CT molecular complexity index is 239. The number of esters is 2. The number of carbonyl (C=O) groups excluding carboxylic acids is 2. The van der Waals surface area contributed by atoms with Gasteiger partial charge in [0.1, 0.15) is 13.2 Å². The lowest BCUT2D eigenvalue weighted by Gasteiger charge is -2.09. The summed E-state index contributed by atoms with van der Waals surface area (Å²) < 4.78 is 8.55. The van der Waals surface area contributed by atoms with E-state index >= 15 is 0 Å². The molecule has 1 rings (SSSR count). The molecule has 1 fully saturated rings. The summed E-state index contributed by atoms with van der Waals surface area (Å²) in [5, 5.41) is 14.8. The second-order valence-corrected chi connectivity index (χ2v) is 1.88. The van der Waals surface area contributed by atoms with Crippen LogP contribution in [0.3, 0.4) is 0 Å². The maximum atomic E-state index is 10.1. The molecular weight excluding hydrogens is 200 g/mol. The van der Waals surface area contributed by atoms with Crippen LogP contribution in [0.25, 0.3) is 0 Å². The third-order valence-corrected chi connectivity index (χ3v) is 0.899. The zero-order chi connectivity index (χ0) is 11.1. The summed E-state index contributed by atoms with van der Waals surface area (Å²) in [5.41, 5.74) is 0. The molecule has 14 heavy (non-hydrogen) atoms. The number of ether oxygens (including phenoxy) is 2. The van der Waals surface area contributed by atoms with E-state index in [-0.39, 0.29) is 13.2 Å². The van der Waals surface area contributed by atoms with Gasteiger partial charge in [-0.15, -0.1) is 0 Å². The molecule has 0 radical (unpaired) electrons. The summed E-state index contributed by atoms with van der Waals surface area (Å²) in [6.45, 7) is 0.370. The molecule has 0 spiro atoms. The Kier molecular flexibility index (Phi) is 4.68. The van der Waals surface area contributed by atoms with Gasteiger partial charge in [-0.25, -0.2) is 19.2 Å². The van der Waals surface area contributed by atoms with Crippen LogP contribution in [0, 0.1) is 0 Å².